The molecule has 4 amide bonds. The second-order valence-electron chi connectivity index (χ2n) is 21.8. The number of amides is 4. The van der Waals surface area contributed by atoms with Gasteiger partial charge in [0, 0.05) is 86.9 Å². The molecule has 1 unspecified atom stereocenters. The van der Waals surface area contributed by atoms with Crippen LogP contribution in [0.1, 0.15) is 104 Å². The molecule has 3 aromatic carbocycles. The summed E-state index contributed by atoms with van der Waals surface area (Å²) < 4.78 is 12.6. The fourth-order valence-electron chi connectivity index (χ4n) is 11.8. The standard InChI is InChI=1S/C57H66ClN9O7S/c1-33(2)48(53(72)66-31-41(68)26-46(66)51(70)62-34(3)36-9-11-37(12-10-36)49-35(4)61-32-75-49)67-30-40-25-42(16-17-44(40)52(67)71)73-24-23-64-19-21-65(22-20-64)47-18-14-39(29-60-47)50(69)63-54-56(5,6)55(57(54,7)8)74-43-15-13-38(28-59)45(58)27-43/h9-18,25,27,29,32-34,41,46,48,54-55,68H,19-24,26,30-31H2,1-8H3,(H,62,70)(H,63,69)/t34-,41?,46-,48-,54?,55?/m0/s1. The molecule has 2 aromatic heterocycles. The molecule has 2 saturated heterocycles. The van der Waals surface area contributed by atoms with E-state index in [2.05, 4.69) is 64.2 Å². The number of nitrogens with one attached hydrogen (secondary N) is 2. The van der Waals surface area contributed by atoms with Gasteiger partial charge < -0.3 is 39.9 Å². The molecule has 5 aromatic rings. The SMILES string of the molecule is Cc1ncsc1-c1ccc([C@H](C)NC(=O)[C@@H]2CC(O)CN2C(=O)[C@H](C(C)C)N2Cc3cc(OCCN4CCN(c5ccc(C(=O)NC6C(C)(C)C(Oc7ccc(C#N)c(Cl)c7)C6(C)C)cn5)CC4)ccc3C2=O)cc1. The van der Waals surface area contributed by atoms with Gasteiger partial charge in [0.1, 0.15) is 48.2 Å². The Labute approximate surface area is 448 Å². The van der Waals surface area contributed by atoms with Crippen molar-refractivity contribution in [1.82, 2.24) is 35.3 Å². The molecule has 3 N–H and O–H groups in total. The highest BCUT2D eigenvalue weighted by atomic mass is 35.5. The van der Waals surface area contributed by atoms with Crippen LogP contribution in [0.25, 0.3) is 10.4 Å². The molecule has 3 fully saturated rings. The van der Waals surface area contributed by atoms with Gasteiger partial charge in [-0.25, -0.2) is 9.97 Å². The van der Waals surface area contributed by atoms with Crippen LogP contribution in [0.4, 0.5) is 5.82 Å². The average Bonchev–Trinajstić information content (AvgIpc) is 4.12. The number of aliphatic hydroxyl groups is 1. The third kappa shape index (κ3) is 10.8. The predicted molar refractivity (Wildman–Crippen MR) is 288 cm³/mol. The number of halogens is 1. The van der Waals surface area contributed by atoms with Gasteiger partial charge in [0.05, 0.1) is 44.4 Å². The maximum Gasteiger partial charge on any atom is 0.255 e. The molecule has 75 heavy (non-hydrogen) atoms. The molecular weight excluding hydrogens is 990 g/mol. The number of ether oxygens (including phenoxy) is 2. The summed E-state index contributed by atoms with van der Waals surface area (Å²) in [5.74, 6) is 0.580. The lowest BCUT2D eigenvalue weighted by Crippen LogP contribution is -2.74. The summed E-state index contributed by atoms with van der Waals surface area (Å²) >= 11 is 7.85. The largest absolute Gasteiger partial charge is 0.492 e. The van der Waals surface area contributed by atoms with Crippen molar-refractivity contribution in [3.8, 4) is 28.0 Å². The summed E-state index contributed by atoms with van der Waals surface area (Å²) in [6.45, 7) is 20.4. The molecular formula is C57H66ClN9O7S. The van der Waals surface area contributed by atoms with E-state index in [1.54, 1.807) is 52.8 Å². The van der Waals surface area contributed by atoms with Crippen molar-refractivity contribution in [2.24, 2.45) is 16.7 Å². The van der Waals surface area contributed by atoms with Crippen molar-refractivity contribution in [3.63, 3.8) is 0 Å². The van der Waals surface area contributed by atoms with Crippen molar-refractivity contribution in [3.05, 3.63) is 123 Å². The second-order valence-corrected chi connectivity index (χ2v) is 23.1. The number of β-amino-alcohol motifs (C(OH)–C–C–N with tert-alkyl or cyclic N) is 1. The average molecular weight is 1060 g/mol. The number of likely N-dealkylation sites (tertiary alicyclic amines) is 1. The summed E-state index contributed by atoms with van der Waals surface area (Å²) in [5, 5.41) is 26.7. The lowest BCUT2D eigenvalue weighted by Gasteiger charge is -2.63. The van der Waals surface area contributed by atoms with Crippen LogP contribution in [0, 0.1) is 35.0 Å². The number of aryl methyl sites for hydroxylation is 1. The number of carbonyl (C=O) groups is 4. The number of hydrogen-bond donors (Lipinski definition) is 3. The summed E-state index contributed by atoms with van der Waals surface area (Å²) in [5.41, 5.74) is 6.10. The minimum absolute atomic E-state index is 0.00183. The zero-order chi connectivity index (χ0) is 53.5. The summed E-state index contributed by atoms with van der Waals surface area (Å²) in [4.78, 5) is 73.6. The van der Waals surface area contributed by atoms with E-state index >= 15 is 0 Å². The van der Waals surface area contributed by atoms with Crippen LogP contribution >= 0.6 is 22.9 Å². The Balaban J connectivity index is 0.734. The number of aromatic nitrogens is 2. The van der Waals surface area contributed by atoms with Crippen LogP contribution < -0.4 is 25.0 Å². The van der Waals surface area contributed by atoms with E-state index < -0.39 is 29.0 Å². The summed E-state index contributed by atoms with van der Waals surface area (Å²) in [6, 6.07) is 22.0. The number of fused-ring (bicyclic) bond motifs is 1. The Morgan fingerprint density at radius 2 is 1.67 bits per heavy atom. The van der Waals surface area contributed by atoms with E-state index in [4.69, 9.17) is 21.1 Å². The molecule has 18 heteroatoms. The first-order chi connectivity index (χ1) is 35.7. The highest BCUT2D eigenvalue weighted by Gasteiger charge is 2.64. The number of hydrogen-bond acceptors (Lipinski definition) is 13. The Bertz CT molecular complexity index is 2970. The fraction of sp³-hybridized carbons (Fsp3) is 0.456. The monoisotopic (exact) mass is 1060 g/mol. The number of anilines is 1. The van der Waals surface area contributed by atoms with Gasteiger partial charge in [-0.3, -0.25) is 24.1 Å². The Morgan fingerprint density at radius 1 is 0.947 bits per heavy atom. The van der Waals surface area contributed by atoms with Gasteiger partial charge >= 0.3 is 0 Å². The van der Waals surface area contributed by atoms with Gasteiger partial charge in [-0.2, -0.15) is 5.26 Å². The van der Waals surface area contributed by atoms with Gasteiger partial charge in [-0.15, -0.1) is 11.3 Å². The van der Waals surface area contributed by atoms with Crippen molar-refractivity contribution in [1.29, 1.82) is 5.26 Å². The third-order valence-corrected chi connectivity index (χ3v) is 16.9. The molecule has 1 aliphatic carbocycles. The molecule has 4 atom stereocenters. The minimum Gasteiger partial charge on any atom is -0.492 e. The zero-order valence-electron chi connectivity index (χ0n) is 43.8. The summed E-state index contributed by atoms with van der Waals surface area (Å²) in [6.07, 6.45) is 0.648. The molecule has 16 nitrogen and oxygen atoms in total. The van der Waals surface area contributed by atoms with E-state index in [1.165, 1.54) is 4.90 Å². The highest BCUT2D eigenvalue weighted by molar-refractivity contribution is 7.13. The number of rotatable bonds is 16. The molecule has 0 bridgehead atoms. The highest BCUT2D eigenvalue weighted by Crippen LogP contribution is 2.55. The molecule has 4 aliphatic rings. The van der Waals surface area contributed by atoms with Crippen LogP contribution in [0.15, 0.2) is 84.5 Å². The first kappa shape index (κ1) is 53.3. The Hall–Kier alpha value is -6.58. The molecule has 5 heterocycles. The Morgan fingerprint density at radius 3 is 2.31 bits per heavy atom. The van der Waals surface area contributed by atoms with Crippen molar-refractivity contribution >= 4 is 52.4 Å². The van der Waals surface area contributed by atoms with Gasteiger partial charge in [0.25, 0.3) is 11.8 Å². The van der Waals surface area contributed by atoms with E-state index in [-0.39, 0.29) is 67.2 Å². The fourth-order valence-corrected chi connectivity index (χ4v) is 12.8. The third-order valence-electron chi connectivity index (χ3n) is 15.6. The lowest BCUT2D eigenvalue weighted by atomic mass is 9.49. The molecule has 3 aliphatic heterocycles. The lowest BCUT2D eigenvalue weighted by molar-refractivity contribution is -0.164. The smallest absolute Gasteiger partial charge is 0.255 e. The molecule has 0 spiro atoms. The maximum atomic E-state index is 14.5. The zero-order valence-corrected chi connectivity index (χ0v) is 45.4. The number of pyridine rings is 1. The van der Waals surface area contributed by atoms with Gasteiger partial charge in [-0.05, 0) is 78.9 Å². The molecule has 9 rings (SSSR count). The van der Waals surface area contributed by atoms with Crippen molar-refractivity contribution in [2.45, 2.75) is 105 Å². The summed E-state index contributed by atoms with van der Waals surface area (Å²) in [7, 11) is 0. The van der Waals surface area contributed by atoms with E-state index in [0.717, 1.165) is 59.3 Å². The van der Waals surface area contributed by atoms with Crippen LogP contribution in [0.2, 0.25) is 5.02 Å². The first-order valence-electron chi connectivity index (χ1n) is 25.7. The van der Waals surface area contributed by atoms with Crippen LogP contribution in [0.3, 0.4) is 0 Å². The number of piperazine rings is 1. The number of thiazole rings is 1. The number of carbonyl (C=O) groups excluding carboxylic acids is 4. The van der Waals surface area contributed by atoms with Gasteiger partial charge in [-0.1, -0.05) is 77.4 Å². The van der Waals surface area contributed by atoms with Crippen LogP contribution in [-0.2, 0) is 16.1 Å². The van der Waals surface area contributed by atoms with E-state index in [9.17, 15) is 29.5 Å². The number of aliphatic hydroxyl groups excluding tert-OH is 1. The number of nitriles is 1. The minimum atomic E-state index is -0.887. The van der Waals surface area contributed by atoms with E-state index in [0.29, 0.717) is 46.4 Å². The van der Waals surface area contributed by atoms with Crippen LogP contribution in [-0.4, -0.2) is 130 Å². The predicted octanol–water partition coefficient (Wildman–Crippen LogP) is 7.67. The number of benzene rings is 3. The van der Waals surface area contributed by atoms with E-state index in [1.807, 2.05) is 75.7 Å². The first-order valence-corrected chi connectivity index (χ1v) is 27.0. The molecule has 0 radical (unpaired) electrons. The van der Waals surface area contributed by atoms with Crippen LogP contribution in [0.5, 0.6) is 11.5 Å². The van der Waals surface area contributed by atoms with Gasteiger partial charge in [0.15, 0.2) is 0 Å². The second kappa shape index (κ2) is 21.6. The normalized spacial score (nSPS) is 21.7. The number of nitrogens with zero attached hydrogens (tertiary/aromatic N) is 7. The topological polar surface area (TPSA) is 194 Å². The quantitative estimate of drug-likeness (QED) is 0.0875. The maximum absolute atomic E-state index is 14.5. The molecule has 394 valence electrons. The van der Waals surface area contributed by atoms with Crippen molar-refractivity contribution < 1.29 is 33.8 Å². The van der Waals surface area contributed by atoms with Crippen molar-refractivity contribution in [2.75, 3.05) is 50.8 Å². The molecule has 1 saturated carbocycles. The van der Waals surface area contributed by atoms with Gasteiger partial charge in [0.2, 0.25) is 11.8 Å². The Kier molecular flexibility index (Phi) is 15.3.